The lowest BCUT2D eigenvalue weighted by atomic mass is 10.1. The van der Waals surface area contributed by atoms with Crippen LogP contribution in [0.25, 0.3) is 11.3 Å². The van der Waals surface area contributed by atoms with Gasteiger partial charge in [-0.1, -0.05) is 12.1 Å². The number of nitriles is 1. The summed E-state index contributed by atoms with van der Waals surface area (Å²) in [6.45, 7) is 0. The lowest BCUT2D eigenvalue weighted by Gasteiger charge is -2.13. The molecule has 2 rings (SSSR count). The first-order chi connectivity index (χ1) is 9.81. The van der Waals surface area contributed by atoms with Gasteiger partial charge in [-0.25, -0.2) is 4.98 Å². The second-order valence-electron chi connectivity index (χ2n) is 3.77. The van der Waals surface area contributed by atoms with Crippen molar-refractivity contribution in [3.05, 3.63) is 40.2 Å². The van der Waals surface area contributed by atoms with E-state index in [0.717, 1.165) is 6.07 Å². The monoisotopic (exact) mass is 313 g/mol. The van der Waals surface area contributed by atoms with Crippen molar-refractivity contribution in [3.8, 4) is 23.1 Å². The highest BCUT2D eigenvalue weighted by Gasteiger charge is 2.32. The quantitative estimate of drug-likeness (QED) is 0.659. The van der Waals surface area contributed by atoms with E-state index in [0.29, 0.717) is 0 Å². The van der Waals surface area contributed by atoms with Crippen LogP contribution in [0.3, 0.4) is 0 Å². The van der Waals surface area contributed by atoms with E-state index in [-0.39, 0.29) is 16.4 Å². The van der Waals surface area contributed by atoms with Crippen LogP contribution in [0.2, 0.25) is 0 Å². The molecule has 0 amide bonds. The molecule has 0 radical (unpaired) electrons. The average molecular weight is 313 g/mol. The van der Waals surface area contributed by atoms with Crippen LogP contribution in [0.15, 0.2) is 34.2 Å². The summed E-state index contributed by atoms with van der Waals surface area (Å²) in [5.41, 5.74) is -1.58. The van der Waals surface area contributed by atoms with E-state index in [1.807, 2.05) is 0 Å². The van der Waals surface area contributed by atoms with Crippen LogP contribution < -0.4 is 10.3 Å². The van der Waals surface area contributed by atoms with Crippen LogP contribution in [0.5, 0.6) is 5.75 Å². The lowest BCUT2D eigenvalue weighted by Crippen LogP contribution is -2.18. The van der Waals surface area contributed by atoms with Crippen LogP contribution >= 0.6 is 12.6 Å². The Morgan fingerprint density at radius 3 is 2.62 bits per heavy atom. The molecule has 0 saturated carbocycles. The van der Waals surface area contributed by atoms with Crippen molar-refractivity contribution < 1.29 is 17.9 Å². The van der Waals surface area contributed by atoms with E-state index in [9.17, 15) is 18.0 Å². The van der Waals surface area contributed by atoms with Crippen LogP contribution in [-0.2, 0) is 0 Å². The van der Waals surface area contributed by atoms with Crippen molar-refractivity contribution in [1.82, 2.24) is 9.97 Å². The van der Waals surface area contributed by atoms with Crippen molar-refractivity contribution in [3.63, 3.8) is 0 Å². The summed E-state index contributed by atoms with van der Waals surface area (Å²) >= 11 is 3.84. The highest BCUT2D eigenvalue weighted by atomic mass is 32.1. The summed E-state index contributed by atoms with van der Waals surface area (Å²) in [7, 11) is 0. The van der Waals surface area contributed by atoms with Gasteiger partial charge in [-0.2, -0.15) is 5.26 Å². The van der Waals surface area contributed by atoms with E-state index in [4.69, 9.17) is 5.26 Å². The first-order valence-electron chi connectivity index (χ1n) is 5.40. The van der Waals surface area contributed by atoms with Crippen LogP contribution in [-0.4, -0.2) is 16.3 Å². The molecule has 1 aromatic heterocycles. The number of ether oxygens (including phenoxy) is 1. The number of para-hydroxylation sites is 1. The second-order valence-corrected chi connectivity index (χ2v) is 4.19. The maximum absolute atomic E-state index is 12.4. The molecule has 0 fully saturated rings. The topological polar surface area (TPSA) is 78.8 Å². The number of thiol groups is 1. The van der Waals surface area contributed by atoms with Gasteiger partial charge < -0.3 is 9.72 Å². The molecule has 0 spiro atoms. The van der Waals surface area contributed by atoms with Crippen molar-refractivity contribution in [2.45, 2.75) is 11.5 Å². The number of halogens is 3. The average Bonchev–Trinajstić information content (AvgIpc) is 2.36. The molecular weight excluding hydrogens is 307 g/mol. The summed E-state index contributed by atoms with van der Waals surface area (Å²) < 4.78 is 41.0. The van der Waals surface area contributed by atoms with E-state index in [2.05, 4.69) is 27.3 Å². The predicted molar refractivity (Wildman–Crippen MR) is 68.9 cm³/mol. The third-order valence-electron chi connectivity index (χ3n) is 2.39. The molecule has 1 N–H and O–H groups in total. The van der Waals surface area contributed by atoms with Crippen LogP contribution in [0.4, 0.5) is 13.2 Å². The normalized spacial score (nSPS) is 11.0. The molecule has 0 aliphatic rings. The van der Waals surface area contributed by atoms with Crippen molar-refractivity contribution >= 4 is 12.6 Å². The smallest absolute Gasteiger partial charge is 0.405 e. The summed E-state index contributed by atoms with van der Waals surface area (Å²) in [5.74, 6) is -0.563. The van der Waals surface area contributed by atoms with Gasteiger partial charge in [-0.15, -0.1) is 25.8 Å². The molecule has 21 heavy (non-hydrogen) atoms. The molecule has 9 heteroatoms. The van der Waals surface area contributed by atoms with E-state index in [1.165, 1.54) is 18.2 Å². The highest BCUT2D eigenvalue weighted by molar-refractivity contribution is 7.80. The molecular formula is C12H6F3N3O2S. The Hall–Kier alpha value is -2.47. The Labute approximate surface area is 121 Å². The molecule has 1 heterocycles. The van der Waals surface area contributed by atoms with E-state index in [1.54, 1.807) is 6.07 Å². The molecule has 0 unspecified atom stereocenters. The van der Waals surface area contributed by atoms with Gasteiger partial charge >= 0.3 is 6.36 Å². The van der Waals surface area contributed by atoms with Gasteiger partial charge in [0.2, 0.25) is 0 Å². The number of benzene rings is 1. The molecule has 0 aliphatic carbocycles. The molecule has 2 aromatic rings. The Balaban J connectivity index is 2.69. The van der Waals surface area contributed by atoms with Gasteiger partial charge in [0.05, 0.1) is 0 Å². The summed E-state index contributed by atoms with van der Waals surface area (Å²) in [6.07, 6.45) is -4.91. The number of nitrogens with zero attached hydrogens (tertiary/aromatic N) is 2. The third-order valence-corrected chi connectivity index (χ3v) is 2.60. The van der Waals surface area contributed by atoms with Gasteiger partial charge in [-0.3, -0.25) is 4.79 Å². The fourth-order valence-corrected chi connectivity index (χ4v) is 1.84. The zero-order valence-corrected chi connectivity index (χ0v) is 11.0. The number of aromatic amines is 1. The molecule has 0 atom stereocenters. The summed E-state index contributed by atoms with van der Waals surface area (Å²) in [4.78, 5) is 17.6. The fraction of sp³-hybridized carbons (Fsp3) is 0.0833. The Kier molecular flexibility index (Phi) is 3.90. The SMILES string of the molecule is N#Cc1c(-c2ccccc2OC(F)(F)F)nc(S)[nH]c1=O. The Morgan fingerprint density at radius 1 is 1.33 bits per heavy atom. The van der Waals surface area contributed by atoms with Gasteiger partial charge in [0.15, 0.2) is 5.16 Å². The number of hydrogen-bond acceptors (Lipinski definition) is 5. The Morgan fingerprint density at radius 2 is 2.00 bits per heavy atom. The Bertz CT molecular complexity index is 781. The molecule has 1 aromatic carbocycles. The highest BCUT2D eigenvalue weighted by Crippen LogP contribution is 2.33. The fourth-order valence-electron chi connectivity index (χ4n) is 1.64. The molecule has 0 aliphatic heterocycles. The van der Waals surface area contributed by atoms with Gasteiger partial charge in [0.1, 0.15) is 23.1 Å². The maximum Gasteiger partial charge on any atom is 0.573 e. The minimum absolute atomic E-state index is 0.129. The lowest BCUT2D eigenvalue weighted by molar-refractivity contribution is -0.274. The van der Waals surface area contributed by atoms with Crippen molar-refractivity contribution in [1.29, 1.82) is 5.26 Å². The zero-order valence-electron chi connectivity index (χ0n) is 10.1. The number of hydrogen-bond donors (Lipinski definition) is 2. The first-order valence-corrected chi connectivity index (χ1v) is 5.85. The number of aromatic nitrogens is 2. The van der Waals surface area contributed by atoms with E-state index >= 15 is 0 Å². The molecule has 0 bridgehead atoms. The second kappa shape index (κ2) is 5.49. The van der Waals surface area contributed by atoms with Crippen LogP contribution in [0.1, 0.15) is 5.56 Å². The first kappa shape index (κ1) is 14.9. The molecule has 108 valence electrons. The largest absolute Gasteiger partial charge is 0.573 e. The number of H-pyrrole nitrogens is 1. The van der Waals surface area contributed by atoms with Gasteiger partial charge in [0.25, 0.3) is 5.56 Å². The standard InChI is InChI=1S/C12H6F3N3O2S/c13-12(14,15)20-8-4-2-1-3-6(8)9-7(5-16)10(19)18-11(21)17-9/h1-4H,(H2,17,18,19,21). The van der Waals surface area contributed by atoms with Gasteiger partial charge in [-0.05, 0) is 12.1 Å². The maximum atomic E-state index is 12.4. The van der Waals surface area contributed by atoms with Crippen LogP contribution in [0, 0.1) is 11.3 Å². The predicted octanol–water partition coefficient (Wildman–Crippen LogP) is 2.50. The van der Waals surface area contributed by atoms with E-state index < -0.39 is 23.2 Å². The number of alkyl halides is 3. The minimum Gasteiger partial charge on any atom is -0.405 e. The number of nitrogens with one attached hydrogen (secondary N) is 1. The number of rotatable bonds is 2. The zero-order chi connectivity index (χ0) is 15.6. The summed E-state index contributed by atoms with van der Waals surface area (Å²) in [5, 5.41) is 8.85. The minimum atomic E-state index is -4.91. The van der Waals surface area contributed by atoms with Gasteiger partial charge in [0, 0.05) is 5.56 Å². The van der Waals surface area contributed by atoms with Crippen molar-refractivity contribution in [2.75, 3.05) is 0 Å². The molecule has 0 saturated heterocycles. The summed E-state index contributed by atoms with van der Waals surface area (Å²) in [6, 6.07) is 6.68. The third kappa shape index (κ3) is 3.35. The molecule has 5 nitrogen and oxygen atoms in total. The van der Waals surface area contributed by atoms with Crippen molar-refractivity contribution in [2.24, 2.45) is 0 Å².